The predicted octanol–water partition coefficient (Wildman–Crippen LogP) is -0.638. The largest absolute Gasteiger partial charge is 0.481 e. The molecule has 0 aromatic heterocycles. The molecule has 0 aliphatic carbocycles. The fraction of sp³-hybridized carbons (Fsp3) is 0.833. The molecule has 0 aromatic carbocycles. The first-order valence-electron chi connectivity index (χ1n) is 6.92. The van der Waals surface area contributed by atoms with Crippen LogP contribution in [0.4, 0.5) is 0 Å². The minimum Gasteiger partial charge on any atom is -0.481 e. The van der Waals surface area contributed by atoms with Crippen LogP contribution in [0.3, 0.4) is 0 Å². The van der Waals surface area contributed by atoms with Crippen molar-refractivity contribution in [2.24, 2.45) is 0 Å². The Morgan fingerprint density at radius 1 is 1.14 bits per heavy atom. The van der Waals surface area contributed by atoms with Gasteiger partial charge in [0.2, 0.25) is 10.0 Å². The van der Waals surface area contributed by atoms with Crippen LogP contribution in [0.5, 0.6) is 0 Å². The van der Waals surface area contributed by atoms with E-state index in [9.17, 15) is 18.0 Å². The van der Waals surface area contributed by atoms with Gasteiger partial charge in [-0.1, -0.05) is 0 Å². The van der Waals surface area contributed by atoms with Gasteiger partial charge in [0.05, 0.1) is 25.2 Å². The summed E-state index contributed by atoms with van der Waals surface area (Å²) in [5.74, 6) is -1.62. The van der Waals surface area contributed by atoms with E-state index in [-0.39, 0.29) is 25.2 Å². The van der Waals surface area contributed by atoms with Crippen molar-refractivity contribution in [2.45, 2.75) is 19.8 Å². The molecule has 122 valence electrons. The van der Waals surface area contributed by atoms with E-state index in [1.807, 2.05) is 4.90 Å². The Morgan fingerprint density at radius 2 is 1.76 bits per heavy atom. The van der Waals surface area contributed by atoms with Crippen LogP contribution in [0, 0.1) is 0 Å². The Bertz CT molecular complexity index is 456. The van der Waals surface area contributed by atoms with Crippen LogP contribution >= 0.6 is 0 Å². The van der Waals surface area contributed by atoms with Gasteiger partial charge in [0, 0.05) is 32.7 Å². The van der Waals surface area contributed by atoms with E-state index < -0.39 is 22.0 Å². The summed E-state index contributed by atoms with van der Waals surface area (Å²) in [6.07, 6.45) is -0.0923. The van der Waals surface area contributed by atoms with Gasteiger partial charge in [-0.3, -0.25) is 9.59 Å². The van der Waals surface area contributed by atoms with E-state index in [0.717, 1.165) is 0 Å². The molecule has 0 saturated carbocycles. The third-order valence-corrected chi connectivity index (χ3v) is 5.11. The number of rotatable bonds is 8. The van der Waals surface area contributed by atoms with Gasteiger partial charge in [0.25, 0.3) is 0 Å². The molecule has 0 spiro atoms. The van der Waals surface area contributed by atoms with Crippen LogP contribution < -0.4 is 0 Å². The van der Waals surface area contributed by atoms with Gasteiger partial charge in [0.15, 0.2) is 0 Å². The molecule has 0 atom stereocenters. The molecule has 9 heteroatoms. The third kappa shape index (κ3) is 6.40. The van der Waals surface area contributed by atoms with Crippen molar-refractivity contribution in [3.8, 4) is 0 Å². The first-order chi connectivity index (χ1) is 9.85. The van der Waals surface area contributed by atoms with Crippen molar-refractivity contribution >= 4 is 22.0 Å². The number of carbonyl (C=O) groups is 2. The fourth-order valence-electron chi connectivity index (χ4n) is 2.06. The average molecular weight is 322 g/mol. The molecule has 0 radical (unpaired) electrons. The van der Waals surface area contributed by atoms with Crippen molar-refractivity contribution in [1.82, 2.24) is 9.21 Å². The number of hydrogen-bond donors (Lipinski definition) is 1. The summed E-state index contributed by atoms with van der Waals surface area (Å²) in [5.41, 5.74) is 0. The van der Waals surface area contributed by atoms with Crippen molar-refractivity contribution in [1.29, 1.82) is 0 Å². The standard InChI is InChI=1S/C12H22N2O6S/c1-2-20-12(17)4-10-21(18,19)14-8-6-13(7-9-14)5-3-11(15)16/h2-10H2,1H3,(H,15,16). The van der Waals surface area contributed by atoms with Crippen LogP contribution in [-0.2, 0) is 24.3 Å². The SMILES string of the molecule is CCOC(=O)CCS(=O)(=O)N1CCN(CCC(=O)O)CC1. The predicted molar refractivity (Wildman–Crippen MR) is 75.3 cm³/mol. The monoisotopic (exact) mass is 322 g/mol. The van der Waals surface area contributed by atoms with Gasteiger partial charge in [-0.15, -0.1) is 0 Å². The molecule has 0 unspecified atom stereocenters. The first kappa shape index (κ1) is 17.9. The van der Waals surface area contributed by atoms with E-state index in [0.29, 0.717) is 32.7 Å². The van der Waals surface area contributed by atoms with Gasteiger partial charge in [-0.05, 0) is 6.92 Å². The van der Waals surface area contributed by atoms with Gasteiger partial charge in [0.1, 0.15) is 0 Å². The van der Waals surface area contributed by atoms with E-state index in [4.69, 9.17) is 9.84 Å². The number of aliphatic carboxylic acids is 1. The van der Waals surface area contributed by atoms with Gasteiger partial charge in [-0.25, -0.2) is 8.42 Å². The van der Waals surface area contributed by atoms with Gasteiger partial charge < -0.3 is 14.7 Å². The summed E-state index contributed by atoms with van der Waals surface area (Å²) < 4.78 is 30.2. The Balaban J connectivity index is 2.38. The number of carbonyl (C=O) groups excluding carboxylic acids is 1. The molecule has 8 nitrogen and oxygen atoms in total. The highest BCUT2D eigenvalue weighted by molar-refractivity contribution is 7.89. The summed E-state index contributed by atoms with van der Waals surface area (Å²) in [6.45, 7) is 3.99. The number of carboxylic acid groups (broad SMARTS) is 1. The van der Waals surface area contributed by atoms with Crippen LogP contribution in [0.2, 0.25) is 0 Å². The van der Waals surface area contributed by atoms with Crippen LogP contribution in [0.1, 0.15) is 19.8 Å². The molecule has 1 aliphatic heterocycles. The highest BCUT2D eigenvalue weighted by Gasteiger charge is 2.27. The van der Waals surface area contributed by atoms with Crippen LogP contribution in [0.25, 0.3) is 0 Å². The zero-order valence-corrected chi connectivity index (χ0v) is 13.0. The highest BCUT2D eigenvalue weighted by Crippen LogP contribution is 2.10. The Kier molecular flexibility index (Phi) is 7.06. The van der Waals surface area contributed by atoms with Crippen molar-refractivity contribution in [3.63, 3.8) is 0 Å². The maximum atomic E-state index is 12.1. The lowest BCUT2D eigenvalue weighted by atomic mass is 10.3. The maximum Gasteiger partial charge on any atom is 0.306 e. The Hall–Kier alpha value is -1.19. The molecule has 1 saturated heterocycles. The molecule has 1 heterocycles. The van der Waals surface area contributed by atoms with Gasteiger partial charge in [-0.2, -0.15) is 4.31 Å². The topological polar surface area (TPSA) is 104 Å². The summed E-state index contributed by atoms with van der Waals surface area (Å²) in [4.78, 5) is 23.6. The number of piperazine rings is 1. The molecule has 1 aliphatic rings. The zero-order chi connectivity index (χ0) is 15.9. The zero-order valence-electron chi connectivity index (χ0n) is 12.2. The molecule has 21 heavy (non-hydrogen) atoms. The summed E-state index contributed by atoms with van der Waals surface area (Å²) >= 11 is 0. The normalized spacial score (nSPS) is 17.6. The fourth-order valence-corrected chi connectivity index (χ4v) is 3.46. The lowest BCUT2D eigenvalue weighted by molar-refractivity contribution is -0.142. The second kappa shape index (κ2) is 8.30. The summed E-state index contributed by atoms with van der Waals surface area (Å²) in [7, 11) is -3.46. The lowest BCUT2D eigenvalue weighted by Gasteiger charge is -2.33. The van der Waals surface area contributed by atoms with Crippen molar-refractivity contribution in [3.05, 3.63) is 0 Å². The van der Waals surface area contributed by atoms with Crippen molar-refractivity contribution < 1.29 is 27.9 Å². The smallest absolute Gasteiger partial charge is 0.306 e. The molecule has 1 rings (SSSR count). The highest BCUT2D eigenvalue weighted by atomic mass is 32.2. The van der Waals surface area contributed by atoms with E-state index in [2.05, 4.69) is 0 Å². The van der Waals surface area contributed by atoms with Crippen molar-refractivity contribution in [2.75, 3.05) is 45.1 Å². The molecule has 0 bridgehead atoms. The summed E-state index contributed by atoms with van der Waals surface area (Å²) in [6, 6.07) is 0. The van der Waals surface area contributed by atoms with E-state index in [1.54, 1.807) is 6.92 Å². The van der Waals surface area contributed by atoms with E-state index in [1.165, 1.54) is 4.31 Å². The van der Waals surface area contributed by atoms with Crippen LogP contribution in [0.15, 0.2) is 0 Å². The molecule has 0 aromatic rings. The third-order valence-electron chi connectivity index (χ3n) is 3.24. The average Bonchev–Trinajstić information content (AvgIpc) is 2.44. The quantitative estimate of drug-likeness (QED) is 0.593. The molecule has 1 fully saturated rings. The number of hydrogen-bond acceptors (Lipinski definition) is 6. The minimum absolute atomic E-state index is 0.0512. The van der Waals surface area contributed by atoms with Gasteiger partial charge >= 0.3 is 11.9 Å². The number of nitrogens with zero attached hydrogens (tertiary/aromatic N) is 2. The number of carboxylic acids is 1. The number of sulfonamides is 1. The maximum absolute atomic E-state index is 12.1. The lowest BCUT2D eigenvalue weighted by Crippen LogP contribution is -2.49. The number of ether oxygens (including phenoxy) is 1. The Morgan fingerprint density at radius 3 is 2.29 bits per heavy atom. The van der Waals surface area contributed by atoms with Crippen LogP contribution in [-0.4, -0.2) is 79.8 Å². The second-order valence-electron chi connectivity index (χ2n) is 4.76. The first-order valence-corrected chi connectivity index (χ1v) is 8.53. The Labute approximate surface area is 124 Å². The molecular formula is C12H22N2O6S. The van der Waals surface area contributed by atoms with E-state index >= 15 is 0 Å². The minimum atomic E-state index is -3.46. The molecular weight excluding hydrogens is 300 g/mol. The summed E-state index contributed by atoms with van der Waals surface area (Å²) in [5, 5.41) is 8.61. The second-order valence-corrected chi connectivity index (χ2v) is 6.84. The molecule has 0 amide bonds. The molecule has 1 N–H and O–H groups in total. The number of esters is 1.